The van der Waals surface area contributed by atoms with Crippen molar-refractivity contribution in [2.75, 3.05) is 56.6 Å². The second-order valence-corrected chi connectivity index (χ2v) is 18.7. The number of carbonyl (C=O) groups is 4. The summed E-state index contributed by atoms with van der Waals surface area (Å²) in [6.07, 6.45) is 0.244. The minimum atomic E-state index is -0.910. The van der Waals surface area contributed by atoms with Crippen molar-refractivity contribution in [2.45, 2.75) is 85.0 Å². The highest BCUT2D eigenvalue weighted by Crippen LogP contribution is 2.32. The first-order chi connectivity index (χ1) is 31.1. The monoisotopic (exact) mass is 904 g/mol. The van der Waals surface area contributed by atoms with Gasteiger partial charge < -0.3 is 35.6 Å². The molecular weight excluding hydrogens is 845 g/mol. The van der Waals surface area contributed by atoms with E-state index in [-0.39, 0.29) is 48.8 Å². The first kappa shape index (κ1) is 46.8. The number of aliphatic hydroxyl groups is 1. The van der Waals surface area contributed by atoms with E-state index in [1.807, 2.05) is 102 Å². The molecule has 4 atom stereocenters. The number of nitrogens with zero attached hydrogens (tertiary/aromatic N) is 6. The van der Waals surface area contributed by atoms with E-state index in [1.165, 1.54) is 4.90 Å². The summed E-state index contributed by atoms with van der Waals surface area (Å²) < 4.78 is 5.69. The van der Waals surface area contributed by atoms with Crippen molar-refractivity contribution in [2.24, 2.45) is 5.41 Å². The van der Waals surface area contributed by atoms with E-state index in [2.05, 4.69) is 45.9 Å². The van der Waals surface area contributed by atoms with Crippen LogP contribution in [-0.4, -0.2) is 123 Å². The van der Waals surface area contributed by atoms with Crippen LogP contribution in [-0.2, 0) is 20.8 Å². The minimum absolute atomic E-state index is 0.00312. The predicted octanol–water partition coefficient (Wildman–Crippen LogP) is 5.61. The maximum Gasteiger partial charge on any atom is 0.274 e. The highest BCUT2D eigenvalue weighted by Gasteiger charge is 2.44. The number of aryl methyl sites for hydroxylation is 2. The molecule has 3 aromatic heterocycles. The van der Waals surface area contributed by atoms with Crippen LogP contribution in [0, 0.1) is 12.3 Å². The van der Waals surface area contributed by atoms with Gasteiger partial charge in [-0.3, -0.25) is 29.2 Å². The van der Waals surface area contributed by atoms with Gasteiger partial charge in [0.05, 0.1) is 46.7 Å². The Morgan fingerprint density at radius 1 is 0.985 bits per heavy atom. The maximum atomic E-state index is 14.2. The Labute approximate surface area is 384 Å². The fourth-order valence-electron chi connectivity index (χ4n) is 8.28. The minimum Gasteiger partial charge on any atom is -0.494 e. The largest absolute Gasteiger partial charge is 0.494 e. The molecule has 4 amide bonds. The molecule has 0 spiro atoms. The molecule has 16 nitrogen and oxygen atoms in total. The number of hydrogen-bond donors (Lipinski definition) is 5. The lowest BCUT2D eigenvalue weighted by Gasteiger charge is -2.37. The van der Waals surface area contributed by atoms with Crippen LogP contribution >= 0.6 is 11.3 Å². The lowest BCUT2D eigenvalue weighted by molar-refractivity contribution is -0.144. The van der Waals surface area contributed by atoms with Crippen LogP contribution in [0.15, 0.2) is 72.2 Å². The van der Waals surface area contributed by atoms with Crippen LogP contribution in [0.3, 0.4) is 0 Å². The Morgan fingerprint density at radius 3 is 2.40 bits per heavy atom. The van der Waals surface area contributed by atoms with Crippen LogP contribution < -0.4 is 25.6 Å². The van der Waals surface area contributed by atoms with Gasteiger partial charge >= 0.3 is 0 Å². The number of β-amino-alcohol motifs (C(OH)–C–C–N with tert-alkyl or cyclic N) is 1. The Balaban J connectivity index is 0.896. The quantitative estimate of drug-likeness (QED) is 0.0876. The number of H-pyrrole nitrogens is 1. The molecule has 65 heavy (non-hydrogen) atoms. The SMILES string of the molecule is CCc1cc(-c2cccc(C(=O)Nc3ccc(N4CCN(CCC(=O)N[C@H](C(=O)N5C[C@H](O)C[C@H]5C(=O)N[C@@H](C)c5ccc(-c6scnc6C)cc5)C(C)(C)C)CC4)cc3OC)n2)n[nH]1. The van der Waals surface area contributed by atoms with Crippen molar-refractivity contribution in [3.05, 3.63) is 94.9 Å². The van der Waals surface area contributed by atoms with E-state index in [1.54, 1.807) is 30.6 Å². The van der Waals surface area contributed by atoms with E-state index >= 15 is 0 Å². The molecule has 0 bridgehead atoms. The van der Waals surface area contributed by atoms with Crippen molar-refractivity contribution in [1.82, 2.24) is 40.6 Å². The van der Waals surface area contributed by atoms with Crippen LogP contribution in [0.1, 0.15) is 80.9 Å². The highest BCUT2D eigenvalue weighted by atomic mass is 32.1. The molecule has 5 heterocycles. The van der Waals surface area contributed by atoms with Gasteiger partial charge in [-0.15, -0.1) is 11.3 Å². The summed E-state index contributed by atoms with van der Waals surface area (Å²) in [5, 5.41) is 27.0. The number of anilines is 2. The molecule has 344 valence electrons. The normalized spacial score (nSPS) is 17.7. The highest BCUT2D eigenvalue weighted by molar-refractivity contribution is 7.13. The molecule has 5 aromatic rings. The number of benzene rings is 2. The van der Waals surface area contributed by atoms with Gasteiger partial charge in [-0.1, -0.05) is 58.0 Å². The molecule has 2 fully saturated rings. The summed E-state index contributed by atoms with van der Waals surface area (Å²) in [6, 6.07) is 18.7. The van der Waals surface area contributed by atoms with E-state index in [0.29, 0.717) is 55.5 Å². The van der Waals surface area contributed by atoms with Gasteiger partial charge in [0.1, 0.15) is 29.2 Å². The predicted molar refractivity (Wildman–Crippen MR) is 252 cm³/mol. The Kier molecular flexibility index (Phi) is 14.6. The number of ether oxygens (including phenoxy) is 1. The molecule has 0 saturated carbocycles. The van der Waals surface area contributed by atoms with Gasteiger partial charge in [-0.25, -0.2) is 9.97 Å². The van der Waals surface area contributed by atoms with Gasteiger partial charge in [0, 0.05) is 69.6 Å². The van der Waals surface area contributed by atoms with E-state index in [9.17, 15) is 24.3 Å². The average molecular weight is 905 g/mol. The zero-order valence-corrected chi connectivity index (χ0v) is 39.0. The van der Waals surface area contributed by atoms with Crippen LogP contribution in [0.5, 0.6) is 5.75 Å². The number of carbonyl (C=O) groups excluding carboxylic acids is 4. The number of aromatic amines is 1. The molecule has 2 aromatic carbocycles. The number of rotatable bonds is 15. The number of likely N-dealkylation sites (tertiary alicyclic amines) is 1. The molecule has 2 saturated heterocycles. The van der Waals surface area contributed by atoms with Crippen molar-refractivity contribution in [1.29, 1.82) is 0 Å². The number of pyridine rings is 1. The molecular formula is C48H60N10O6S. The van der Waals surface area contributed by atoms with Crippen molar-refractivity contribution in [3.8, 4) is 27.6 Å². The Hall–Kier alpha value is -6.17. The number of aliphatic hydroxyl groups excluding tert-OH is 1. The fraction of sp³-hybridized carbons (Fsp3) is 0.438. The second kappa shape index (κ2) is 20.3. The van der Waals surface area contributed by atoms with Crippen LogP contribution in [0.25, 0.3) is 21.8 Å². The third-order valence-corrected chi connectivity index (χ3v) is 13.1. The number of methoxy groups -OCH3 is 1. The number of thiazole rings is 1. The summed E-state index contributed by atoms with van der Waals surface area (Å²) in [7, 11) is 1.56. The maximum absolute atomic E-state index is 14.2. The number of nitrogens with one attached hydrogen (secondary N) is 4. The van der Waals surface area contributed by atoms with Gasteiger partial charge in [0.25, 0.3) is 5.91 Å². The molecule has 0 aliphatic carbocycles. The molecule has 0 unspecified atom stereocenters. The molecule has 17 heteroatoms. The number of piperazine rings is 1. The van der Waals surface area contributed by atoms with Crippen LogP contribution in [0.2, 0.25) is 0 Å². The fourth-order valence-corrected chi connectivity index (χ4v) is 9.09. The zero-order valence-electron chi connectivity index (χ0n) is 38.2. The summed E-state index contributed by atoms with van der Waals surface area (Å²) in [5.74, 6) is -0.856. The van der Waals surface area contributed by atoms with E-state index < -0.39 is 29.5 Å². The Bertz CT molecular complexity index is 2470. The van der Waals surface area contributed by atoms with Gasteiger partial charge in [-0.05, 0) is 67.1 Å². The molecule has 0 radical (unpaired) electrons. The van der Waals surface area contributed by atoms with Gasteiger partial charge in [-0.2, -0.15) is 5.10 Å². The lowest BCUT2D eigenvalue weighted by atomic mass is 9.85. The summed E-state index contributed by atoms with van der Waals surface area (Å²) in [6.45, 7) is 14.9. The molecule has 2 aliphatic heterocycles. The third-order valence-electron chi connectivity index (χ3n) is 12.1. The summed E-state index contributed by atoms with van der Waals surface area (Å²) >= 11 is 1.58. The first-order valence-electron chi connectivity index (χ1n) is 22.2. The average Bonchev–Trinajstić information content (AvgIpc) is 4.07. The second-order valence-electron chi connectivity index (χ2n) is 17.8. The first-order valence-corrected chi connectivity index (χ1v) is 23.1. The Morgan fingerprint density at radius 2 is 1.74 bits per heavy atom. The summed E-state index contributed by atoms with van der Waals surface area (Å²) in [5.41, 5.74) is 8.06. The van der Waals surface area contributed by atoms with Crippen LogP contribution in [0.4, 0.5) is 11.4 Å². The zero-order chi connectivity index (χ0) is 46.4. The molecule has 7 rings (SSSR count). The smallest absolute Gasteiger partial charge is 0.274 e. The number of aromatic nitrogens is 4. The standard InChI is InChI=1S/C48H60N10O6S/c1-8-33-24-39(55-54-33)36-10-9-11-38(51-36)45(61)52-37-17-16-34(25-41(37)64-7)57-22-20-56(21-23-57)19-18-42(60)53-44(48(4,5)6)47(63)58-27-35(59)26-40(58)46(62)50-29(2)31-12-14-32(15-13-31)43-30(3)49-28-65-43/h9-17,24-25,28-29,35,40,44,59H,8,18-23,26-27H2,1-7H3,(H,50,62)(H,52,61)(H,53,60)(H,54,55)/t29-,35+,40-,44+/m0/s1. The third kappa shape index (κ3) is 11.2. The van der Waals surface area contributed by atoms with Crippen molar-refractivity contribution < 1.29 is 29.0 Å². The van der Waals surface area contributed by atoms with Crippen molar-refractivity contribution in [3.63, 3.8) is 0 Å². The van der Waals surface area contributed by atoms with Gasteiger partial charge in [0.2, 0.25) is 17.7 Å². The number of amides is 4. The van der Waals surface area contributed by atoms with E-state index in [4.69, 9.17) is 4.74 Å². The molecule has 5 N–H and O–H groups in total. The topological polar surface area (TPSA) is 198 Å². The van der Waals surface area contributed by atoms with Crippen molar-refractivity contribution >= 4 is 46.3 Å². The molecule has 2 aliphatic rings. The lowest BCUT2D eigenvalue weighted by Crippen LogP contribution is -2.58. The van der Waals surface area contributed by atoms with Gasteiger partial charge in [0.15, 0.2) is 0 Å². The number of hydrogen-bond acceptors (Lipinski definition) is 12. The summed E-state index contributed by atoms with van der Waals surface area (Å²) in [4.78, 5) is 70.6. The van der Waals surface area contributed by atoms with E-state index in [0.717, 1.165) is 39.5 Å².